The molecule has 0 aliphatic carbocycles. The molecular formula is C22H22N2O5. The second-order valence-corrected chi connectivity index (χ2v) is 6.47. The first kappa shape index (κ1) is 18.9. The lowest BCUT2D eigenvalue weighted by Gasteiger charge is -2.19. The summed E-state index contributed by atoms with van der Waals surface area (Å²) in [5.41, 5.74) is 4.31. The SMILES string of the molecule is COc1cc(OC)nc(OCc2cccc(-c3ccc4c(c3)OCCO4)c2C)n1. The summed E-state index contributed by atoms with van der Waals surface area (Å²) >= 11 is 0. The highest BCUT2D eigenvalue weighted by Crippen LogP contribution is 2.36. The van der Waals surface area contributed by atoms with Gasteiger partial charge < -0.3 is 23.7 Å². The summed E-state index contributed by atoms with van der Waals surface area (Å²) < 4.78 is 27.5. The van der Waals surface area contributed by atoms with Gasteiger partial charge in [0.1, 0.15) is 19.8 Å². The molecule has 0 N–H and O–H groups in total. The monoisotopic (exact) mass is 394 g/mol. The van der Waals surface area contributed by atoms with Crippen LogP contribution in [0.15, 0.2) is 42.5 Å². The predicted octanol–water partition coefficient (Wildman–Crippen LogP) is 3.82. The van der Waals surface area contributed by atoms with Gasteiger partial charge in [-0.3, -0.25) is 0 Å². The maximum Gasteiger partial charge on any atom is 0.323 e. The van der Waals surface area contributed by atoms with Crippen molar-refractivity contribution in [2.24, 2.45) is 0 Å². The maximum absolute atomic E-state index is 5.81. The Bertz CT molecular complexity index is 1000. The number of nitrogens with zero attached hydrogens (tertiary/aromatic N) is 2. The van der Waals surface area contributed by atoms with Crippen LogP contribution < -0.4 is 23.7 Å². The first-order valence-corrected chi connectivity index (χ1v) is 9.26. The van der Waals surface area contributed by atoms with E-state index in [1.54, 1.807) is 6.07 Å². The Labute approximate surface area is 169 Å². The van der Waals surface area contributed by atoms with Gasteiger partial charge in [0.25, 0.3) is 0 Å². The highest BCUT2D eigenvalue weighted by molar-refractivity contribution is 5.71. The van der Waals surface area contributed by atoms with E-state index in [4.69, 9.17) is 23.7 Å². The molecule has 7 heteroatoms. The van der Waals surface area contributed by atoms with Crippen molar-refractivity contribution in [2.75, 3.05) is 27.4 Å². The van der Waals surface area contributed by atoms with Crippen LogP contribution in [0, 0.1) is 6.92 Å². The van der Waals surface area contributed by atoms with E-state index in [0.717, 1.165) is 33.8 Å². The number of rotatable bonds is 6. The third kappa shape index (κ3) is 4.03. The van der Waals surface area contributed by atoms with Gasteiger partial charge in [-0.2, -0.15) is 9.97 Å². The molecule has 0 atom stereocenters. The lowest BCUT2D eigenvalue weighted by atomic mass is 9.96. The Kier molecular flexibility index (Phi) is 5.37. The van der Waals surface area contributed by atoms with Gasteiger partial charge in [0, 0.05) is 0 Å². The lowest BCUT2D eigenvalue weighted by molar-refractivity contribution is 0.171. The molecule has 7 nitrogen and oxygen atoms in total. The molecule has 2 heterocycles. The van der Waals surface area contributed by atoms with Crippen molar-refractivity contribution in [3.05, 3.63) is 53.6 Å². The summed E-state index contributed by atoms with van der Waals surface area (Å²) in [5.74, 6) is 2.31. The maximum atomic E-state index is 5.81. The summed E-state index contributed by atoms with van der Waals surface area (Å²) in [7, 11) is 3.07. The molecule has 1 aliphatic heterocycles. The first-order chi connectivity index (χ1) is 14.2. The van der Waals surface area contributed by atoms with Crippen molar-refractivity contribution in [2.45, 2.75) is 13.5 Å². The minimum Gasteiger partial charge on any atom is -0.486 e. The molecule has 1 aromatic heterocycles. The number of benzene rings is 2. The van der Waals surface area contributed by atoms with Gasteiger partial charge in [0.15, 0.2) is 11.5 Å². The molecule has 0 amide bonds. The van der Waals surface area contributed by atoms with Crippen molar-refractivity contribution < 1.29 is 23.7 Å². The second-order valence-electron chi connectivity index (χ2n) is 6.47. The van der Waals surface area contributed by atoms with Crippen LogP contribution in [0.3, 0.4) is 0 Å². The third-order valence-corrected chi connectivity index (χ3v) is 4.73. The van der Waals surface area contributed by atoms with E-state index in [9.17, 15) is 0 Å². The molecule has 0 unspecified atom stereocenters. The van der Waals surface area contributed by atoms with E-state index in [0.29, 0.717) is 31.6 Å². The van der Waals surface area contributed by atoms with Crippen LogP contribution in [0.5, 0.6) is 29.3 Å². The van der Waals surface area contributed by atoms with Gasteiger partial charge in [0.05, 0.1) is 20.3 Å². The molecule has 0 radical (unpaired) electrons. The predicted molar refractivity (Wildman–Crippen MR) is 107 cm³/mol. The van der Waals surface area contributed by atoms with Gasteiger partial charge in [-0.1, -0.05) is 24.3 Å². The molecule has 4 rings (SSSR count). The zero-order chi connectivity index (χ0) is 20.2. The summed E-state index contributed by atoms with van der Waals surface area (Å²) in [6.45, 7) is 3.53. The van der Waals surface area contributed by atoms with Crippen molar-refractivity contribution in [3.8, 4) is 40.4 Å². The number of ether oxygens (including phenoxy) is 5. The largest absolute Gasteiger partial charge is 0.486 e. The van der Waals surface area contributed by atoms with Gasteiger partial charge >= 0.3 is 6.01 Å². The molecule has 1 aliphatic rings. The number of hydrogen-bond donors (Lipinski definition) is 0. The van der Waals surface area contributed by atoms with Crippen LogP contribution in [0.4, 0.5) is 0 Å². The van der Waals surface area contributed by atoms with Crippen LogP contribution in [0.1, 0.15) is 11.1 Å². The average molecular weight is 394 g/mol. The van der Waals surface area contributed by atoms with Crippen molar-refractivity contribution in [3.63, 3.8) is 0 Å². The molecule has 150 valence electrons. The van der Waals surface area contributed by atoms with E-state index in [1.807, 2.05) is 30.3 Å². The fourth-order valence-corrected chi connectivity index (χ4v) is 3.16. The number of methoxy groups -OCH3 is 2. The zero-order valence-electron chi connectivity index (χ0n) is 16.6. The average Bonchev–Trinajstić information content (AvgIpc) is 2.77. The Hall–Kier alpha value is -3.48. The minimum atomic E-state index is 0.199. The Balaban J connectivity index is 1.57. The molecule has 0 bridgehead atoms. The molecule has 0 spiro atoms. The first-order valence-electron chi connectivity index (χ1n) is 9.26. The van der Waals surface area contributed by atoms with Gasteiger partial charge in [-0.15, -0.1) is 0 Å². The van der Waals surface area contributed by atoms with Crippen LogP contribution in [-0.4, -0.2) is 37.4 Å². The fraction of sp³-hybridized carbons (Fsp3) is 0.273. The molecule has 2 aromatic carbocycles. The molecule has 29 heavy (non-hydrogen) atoms. The highest BCUT2D eigenvalue weighted by atomic mass is 16.6. The topological polar surface area (TPSA) is 71.9 Å². The molecule has 0 saturated heterocycles. The van der Waals surface area contributed by atoms with Crippen molar-refractivity contribution in [1.82, 2.24) is 9.97 Å². The van der Waals surface area contributed by atoms with Crippen molar-refractivity contribution in [1.29, 1.82) is 0 Å². The quantitative estimate of drug-likeness (QED) is 0.629. The third-order valence-electron chi connectivity index (χ3n) is 4.73. The van der Waals surface area contributed by atoms with Crippen LogP contribution >= 0.6 is 0 Å². The van der Waals surface area contributed by atoms with E-state index in [-0.39, 0.29) is 6.01 Å². The summed E-state index contributed by atoms with van der Waals surface area (Å²) in [6, 6.07) is 13.9. The minimum absolute atomic E-state index is 0.199. The van der Waals surface area contributed by atoms with E-state index in [1.165, 1.54) is 14.2 Å². The zero-order valence-corrected chi connectivity index (χ0v) is 16.6. The summed E-state index contributed by atoms with van der Waals surface area (Å²) in [5, 5.41) is 0. The van der Waals surface area contributed by atoms with Gasteiger partial charge in [-0.05, 0) is 41.3 Å². The van der Waals surface area contributed by atoms with Crippen molar-refractivity contribution >= 4 is 0 Å². The smallest absolute Gasteiger partial charge is 0.323 e. The number of hydrogen-bond acceptors (Lipinski definition) is 7. The normalized spacial score (nSPS) is 12.4. The fourth-order valence-electron chi connectivity index (χ4n) is 3.16. The van der Waals surface area contributed by atoms with Crippen LogP contribution in [0.2, 0.25) is 0 Å². The molecule has 3 aromatic rings. The Morgan fingerprint density at radius 3 is 2.34 bits per heavy atom. The lowest BCUT2D eigenvalue weighted by Crippen LogP contribution is -2.15. The Morgan fingerprint density at radius 1 is 0.897 bits per heavy atom. The number of fused-ring (bicyclic) bond motifs is 1. The second kappa shape index (κ2) is 8.26. The van der Waals surface area contributed by atoms with E-state index >= 15 is 0 Å². The standard InChI is InChI=1S/C22H22N2O5/c1-14-16(13-29-22-23-20(25-2)12-21(24-22)26-3)5-4-6-17(14)15-7-8-18-19(11-15)28-10-9-27-18/h4-8,11-12H,9-10,13H2,1-3H3. The molecule has 0 saturated carbocycles. The van der Waals surface area contributed by atoms with Crippen LogP contribution in [0.25, 0.3) is 11.1 Å². The number of aromatic nitrogens is 2. The summed E-state index contributed by atoms with van der Waals surface area (Å²) in [6.07, 6.45) is 0. The molecule has 0 fully saturated rings. The van der Waals surface area contributed by atoms with Gasteiger partial charge in [0.2, 0.25) is 11.8 Å². The summed E-state index contributed by atoms with van der Waals surface area (Å²) in [4.78, 5) is 8.41. The Morgan fingerprint density at radius 2 is 1.62 bits per heavy atom. The molecular weight excluding hydrogens is 372 g/mol. The van der Waals surface area contributed by atoms with E-state index in [2.05, 4.69) is 23.0 Å². The van der Waals surface area contributed by atoms with Crippen LogP contribution in [-0.2, 0) is 6.61 Å². The van der Waals surface area contributed by atoms with Gasteiger partial charge in [-0.25, -0.2) is 0 Å². The highest BCUT2D eigenvalue weighted by Gasteiger charge is 2.15. The van der Waals surface area contributed by atoms with E-state index < -0.39 is 0 Å².